The summed E-state index contributed by atoms with van der Waals surface area (Å²) in [6, 6.07) is 3.37. The smallest absolute Gasteiger partial charge is 0.378 e. The molecule has 5 heteroatoms. The minimum Gasteiger partial charge on any atom is -0.378 e. The Morgan fingerprint density at radius 3 is 2.71 bits per heavy atom. The highest BCUT2D eigenvalue weighted by Gasteiger charge is 2.21. The van der Waals surface area contributed by atoms with E-state index in [1.54, 1.807) is 12.1 Å². The van der Waals surface area contributed by atoms with Crippen molar-refractivity contribution in [3.8, 4) is 0 Å². The minimum absolute atomic E-state index is 0.117. The fourth-order valence-corrected chi connectivity index (χ4v) is 1.25. The molecule has 0 aliphatic heterocycles. The first-order valence-electron chi connectivity index (χ1n) is 5.65. The predicted octanol–water partition coefficient (Wildman–Crippen LogP) is 3.08. The Morgan fingerprint density at radius 2 is 2.18 bits per heavy atom. The van der Waals surface area contributed by atoms with Gasteiger partial charge in [0.25, 0.3) is 0 Å². The first-order chi connectivity index (χ1) is 7.82. The van der Waals surface area contributed by atoms with Crippen LogP contribution in [0.3, 0.4) is 0 Å². The monoisotopic (exact) mass is 237 g/mol. The zero-order valence-electron chi connectivity index (χ0n) is 10.7. The largest absolute Gasteiger partial charge is 0.386 e. The highest BCUT2D eigenvalue weighted by molar-refractivity contribution is 5.56. The molecule has 94 valence electrons. The van der Waals surface area contributed by atoms with Crippen LogP contribution in [-0.2, 0) is 0 Å². The molecule has 0 radical (unpaired) electrons. The van der Waals surface area contributed by atoms with E-state index in [1.165, 1.54) is 6.20 Å². The molecular weight excluding hydrogens is 218 g/mol. The van der Waals surface area contributed by atoms with Crippen LogP contribution >= 0.6 is 0 Å². The number of aromatic nitrogens is 1. The Kier molecular flexibility index (Phi) is 4.04. The van der Waals surface area contributed by atoms with E-state index in [9.17, 15) is 10.1 Å². The molecule has 1 N–H and O–H groups in total. The number of nitrogens with zero attached hydrogens (tertiary/aromatic N) is 2. The summed E-state index contributed by atoms with van der Waals surface area (Å²) < 4.78 is 0. The van der Waals surface area contributed by atoms with Gasteiger partial charge in [0, 0.05) is 6.54 Å². The molecule has 1 aromatic rings. The van der Waals surface area contributed by atoms with Crippen LogP contribution in [0.25, 0.3) is 0 Å². The van der Waals surface area contributed by atoms with Gasteiger partial charge in [0.15, 0.2) is 0 Å². The Balaban J connectivity index is 2.73. The second kappa shape index (κ2) is 5.12. The van der Waals surface area contributed by atoms with E-state index in [0.29, 0.717) is 18.2 Å². The van der Waals surface area contributed by atoms with Crippen molar-refractivity contribution in [2.75, 3.05) is 11.9 Å². The molecule has 0 aliphatic carbocycles. The van der Waals surface area contributed by atoms with Crippen LogP contribution in [0.5, 0.6) is 0 Å². The number of hydrogen-bond donors (Lipinski definition) is 1. The molecule has 0 amide bonds. The lowest BCUT2D eigenvalue weighted by Crippen LogP contribution is -2.25. The first-order valence-corrected chi connectivity index (χ1v) is 5.65. The standard InChI is InChI=1S/C12H19N3O2/c1-9(12(2,3)4)8-14-10-6-5-7-13-11(10)15(16)17/h5-7,9,14H,8H2,1-4H3. The third-order valence-corrected chi connectivity index (χ3v) is 3.04. The van der Waals surface area contributed by atoms with Gasteiger partial charge < -0.3 is 15.4 Å². The molecule has 1 rings (SSSR count). The van der Waals surface area contributed by atoms with Gasteiger partial charge in [0.05, 0.1) is 0 Å². The third-order valence-electron chi connectivity index (χ3n) is 3.04. The molecule has 1 atom stereocenters. The molecule has 1 aromatic heterocycles. The average Bonchev–Trinajstić information content (AvgIpc) is 2.24. The summed E-state index contributed by atoms with van der Waals surface area (Å²) in [6.07, 6.45) is 1.43. The lowest BCUT2D eigenvalue weighted by Gasteiger charge is -2.27. The number of hydrogen-bond acceptors (Lipinski definition) is 4. The van der Waals surface area contributed by atoms with Crippen molar-refractivity contribution in [2.24, 2.45) is 11.3 Å². The number of anilines is 1. The predicted molar refractivity (Wildman–Crippen MR) is 68.0 cm³/mol. The van der Waals surface area contributed by atoms with Crippen molar-refractivity contribution < 1.29 is 4.92 Å². The number of nitro groups is 1. The third kappa shape index (κ3) is 3.69. The Labute approximate surface area is 101 Å². The normalized spacial score (nSPS) is 13.2. The Morgan fingerprint density at radius 1 is 1.53 bits per heavy atom. The van der Waals surface area contributed by atoms with Crippen molar-refractivity contribution in [3.05, 3.63) is 28.4 Å². The molecule has 0 fully saturated rings. The van der Waals surface area contributed by atoms with Gasteiger partial charge in [-0.15, -0.1) is 0 Å². The lowest BCUT2D eigenvalue weighted by atomic mass is 9.82. The average molecular weight is 237 g/mol. The van der Waals surface area contributed by atoms with E-state index >= 15 is 0 Å². The van der Waals surface area contributed by atoms with Gasteiger partial charge in [0.2, 0.25) is 0 Å². The second-order valence-corrected chi connectivity index (χ2v) is 5.28. The van der Waals surface area contributed by atoms with E-state index in [4.69, 9.17) is 0 Å². The van der Waals surface area contributed by atoms with Crippen LogP contribution in [0.4, 0.5) is 11.5 Å². The van der Waals surface area contributed by atoms with Crippen LogP contribution < -0.4 is 5.32 Å². The molecule has 5 nitrogen and oxygen atoms in total. The van der Waals surface area contributed by atoms with Gasteiger partial charge in [-0.3, -0.25) is 0 Å². The summed E-state index contributed by atoms with van der Waals surface area (Å²) in [5.74, 6) is 0.288. The quantitative estimate of drug-likeness (QED) is 0.645. The summed E-state index contributed by atoms with van der Waals surface area (Å²) in [5, 5.41) is 13.9. The zero-order chi connectivity index (χ0) is 13.1. The second-order valence-electron chi connectivity index (χ2n) is 5.28. The zero-order valence-corrected chi connectivity index (χ0v) is 10.7. The van der Waals surface area contributed by atoms with E-state index in [1.807, 2.05) is 0 Å². The Bertz CT molecular complexity index is 399. The molecule has 0 spiro atoms. The van der Waals surface area contributed by atoms with Gasteiger partial charge in [-0.2, -0.15) is 0 Å². The van der Waals surface area contributed by atoms with Crippen molar-refractivity contribution >= 4 is 11.5 Å². The van der Waals surface area contributed by atoms with Crippen LogP contribution in [-0.4, -0.2) is 16.5 Å². The molecule has 0 saturated carbocycles. The van der Waals surface area contributed by atoms with Gasteiger partial charge in [-0.25, -0.2) is 0 Å². The number of nitrogens with one attached hydrogen (secondary N) is 1. The summed E-state index contributed by atoms with van der Waals surface area (Å²) in [5.41, 5.74) is 0.651. The lowest BCUT2D eigenvalue weighted by molar-refractivity contribution is -0.388. The van der Waals surface area contributed by atoms with Gasteiger partial charge in [0.1, 0.15) is 11.9 Å². The summed E-state index contributed by atoms with van der Waals surface area (Å²) in [4.78, 5) is 14.1. The highest BCUT2D eigenvalue weighted by Crippen LogP contribution is 2.27. The summed E-state index contributed by atoms with van der Waals surface area (Å²) >= 11 is 0. The topological polar surface area (TPSA) is 68.1 Å². The maximum absolute atomic E-state index is 10.8. The maximum Gasteiger partial charge on any atom is 0.386 e. The van der Waals surface area contributed by atoms with Crippen molar-refractivity contribution in [3.63, 3.8) is 0 Å². The van der Waals surface area contributed by atoms with E-state index in [0.717, 1.165) is 0 Å². The van der Waals surface area contributed by atoms with Crippen molar-refractivity contribution in [2.45, 2.75) is 27.7 Å². The first kappa shape index (κ1) is 13.4. The van der Waals surface area contributed by atoms with Gasteiger partial charge in [-0.05, 0) is 33.4 Å². The molecule has 0 saturated heterocycles. The van der Waals surface area contributed by atoms with Crippen molar-refractivity contribution in [1.29, 1.82) is 0 Å². The van der Waals surface area contributed by atoms with Gasteiger partial charge in [-0.1, -0.05) is 27.7 Å². The van der Waals surface area contributed by atoms with Crippen molar-refractivity contribution in [1.82, 2.24) is 4.98 Å². The van der Waals surface area contributed by atoms with Crippen LogP contribution in [0.15, 0.2) is 18.3 Å². The number of pyridine rings is 1. The fraction of sp³-hybridized carbons (Fsp3) is 0.583. The molecule has 0 aliphatic rings. The number of rotatable bonds is 4. The van der Waals surface area contributed by atoms with E-state index in [-0.39, 0.29) is 11.2 Å². The van der Waals surface area contributed by atoms with E-state index in [2.05, 4.69) is 38.0 Å². The van der Waals surface area contributed by atoms with Gasteiger partial charge >= 0.3 is 5.82 Å². The highest BCUT2D eigenvalue weighted by atomic mass is 16.6. The summed E-state index contributed by atoms with van der Waals surface area (Å²) in [6.45, 7) is 9.26. The molecule has 0 bridgehead atoms. The van der Waals surface area contributed by atoms with Crippen LogP contribution in [0.1, 0.15) is 27.7 Å². The fourth-order valence-electron chi connectivity index (χ4n) is 1.25. The molecular formula is C12H19N3O2. The molecule has 17 heavy (non-hydrogen) atoms. The van der Waals surface area contributed by atoms with Crippen LogP contribution in [0.2, 0.25) is 0 Å². The van der Waals surface area contributed by atoms with Crippen LogP contribution in [0, 0.1) is 21.4 Å². The molecule has 0 aromatic carbocycles. The molecule has 1 heterocycles. The summed E-state index contributed by atoms with van der Waals surface area (Å²) in [7, 11) is 0. The maximum atomic E-state index is 10.8. The Hall–Kier alpha value is -1.65. The SMILES string of the molecule is CC(CNc1cccnc1[N+](=O)[O-])C(C)(C)C. The van der Waals surface area contributed by atoms with E-state index < -0.39 is 4.92 Å². The molecule has 1 unspecified atom stereocenters. The minimum atomic E-state index is -0.468.